The summed E-state index contributed by atoms with van der Waals surface area (Å²) in [5.41, 5.74) is 1.15. The van der Waals surface area contributed by atoms with Gasteiger partial charge >= 0.3 is 5.97 Å². The first-order chi connectivity index (χ1) is 7.67. The van der Waals surface area contributed by atoms with E-state index in [1.165, 1.54) is 0 Å². The van der Waals surface area contributed by atoms with E-state index in [0.717, 1.165) is 0 Å². The van der Waals surface area contributed by atoms with Crippen LogP contribution in [0, 0.1) is 23.7 Å². The molecule has 0 saturated heterocycles. The largest absolute Gasteiger partial charge is 0.480 e. The van der Waals surface area contributed by atoms with Gasteiger partial charge in [0, 0.05) is 12.1 Å². The smallest absolute Gasteiger partial charge is 0.327 e. The van der Waals surface area contributed by atoms with Crippen LogP contribution in [0.5, 0.6) is 0 Å². The second kappa shape index (κ2) is 5.43. The van der Waals surface area contributed by atoms with Gasteiger partial charge in [-0.3, -0.25) is 0 Å². The highest BCUT2D eigenvalue weighted by molar-refractivity contribution is 5.77. The highest BCUT2D eigenvalue weighted by Gasteiger charge is 2.15. The van der Waals surface area contributed by atoms with Crippen LogP contribution in [-0.2, 0) is 4.79 Å². The fourth-order valence-electron chi connectivity index (χ4n) is 1.16. The second-order valence-electron chi connectivity index (χ2n) is 3.13. The van der Waals surface area contributed by atoms with Crippen molar-refractivity contribution in [1.82, 2.24) is 0 Å². The van der Waals surface area contributed by atoms with Gasteiger partial charge in [-0.1, -0.05) is 0 Å². The van der Waals surface area contributed by atoms with E-state index in [2.05, 4.69) is 11.2 Å². The molecule has 4 nitrogen and oxygen atoms in total. The van der Waals surface area contributed by atoms with Crippen molar-refractivity contribution >= 4 is 11.7 Å². The topological polar surface area (TPSA) is 73.1 Å². The van der Waals surface area contributed by atoms with Gasteiger partial charge < -0.3 is 10.4 Å². The standard InChI is InChI=1S/C12H10N2O2/c1-2-3-11(12(15)16)14-10-6-4-9(8-13)5-7-10/h1,4-7,11,14H,3H2,(H,15,16). The van der Waals surface area contributed by atoms with Gasteiger partial charge in [0.15, 0.2) is 0 Å². The van der Waals surface area contributed by atoms with Gasteiger partial charge in [0.25, 0.3) is 0 Å². The number of anilines is 1. The van der Waals surface area contributed by atoms with Crippen molar-refractivity contribution in [3.05, 3.63) is 29.8 Å². The number of rotatable bonds is 4. The predicted octanol–water partition coefficient (Wildman–Crippen LogP) is 1.45. The Morgan fingerprint density at radius 3 is 2.56 bits per heavy atom. The number of hydrogen-bond donors (Lipinski definition) is 2. The maximum Gasteiger partial charge on any atom is 0.327 e. The van der Waals surface area contributed by atoms with Gasteiger partial charge in [0.05, 0.1) is 11.6 Å². The first-order valence-corrected chi connectivity index (χ1v) is 4.60. The van der Waals surface area contributed by atoms with Crippen molar-refractivity contribution in [2.45, 2.75) is 12.5 Å². The second-order valence-corrected chi connectivity index (χ2v) is 3.13. The summed E-state index contributed by atoms with van der Waals surface area (Å²) < 4.78 is 0. The van der Waals surface area contributed by atoms with Crippen molar-refractivity contribution < 1.29 is 9.90 Å². The zero-order valence-corrected chi connectivity index (χ0v) is 8.47. The molecule has 2 N–H and O–H groups in total. The molecule has 0 aliphatic heterocycles. The van der Waals surface area contributed by atoms with Crippen LogP contribution in [-0.4, -0.2) is 17.1 Å². The molecule has 0 bridgehead atoms. The zero-order chi connectivity index (χ0) is 12.0. The third-order valence-corrected chi connectivity index (χ3v) is 1.97. The lowest BCUT2D eigenvalue weighted by atomic mass is 10.1. The normalized spacial score (nSPS) is 10.9. The number of terminal acetylenes is 1. The van der Waals surface area contributed by atoms with E-state index < -0.39 is 12.0 Å². The van der Waals surface area contributed by atoms with E-state index in [0.29, 0.717) is 11.3 Å². The summed E-state index contributed by atoms with van der Waals surface area (Å²) in [7, 11) is 0. The molecule has 0 aliphatic carbocycles. The summed E-state index contributed by atoms with van der Waals surface area (Å²) in [6, 6.07) is 7.68. The number of carboxylic acid groups (broad SMARTS) is 1. The SMILES string of the molecule is C#CCC(Nc1ccc(C#N)cc1)C(=O)O. The maximum atomic E-state index is 10.8. The molecule has 0 aliphatic rings. The van der Waals surface area contributed by atoms with Gasteiger partial charge in [-0.25, -0.2) is 4.79 Å². The Morgan fingerprint density at radius 1 is 1.50 bits per heavy atom. The number of carboxylic acids is 1. The Hall–Kier alpha value is -2.46. The van der Waals surface area contributed by atoms with E-state index in [9.17, 15) is 4.79 Å². The van der Waals surface area contributed by atoms with E-state index in [-0.39, 0.29) is 6.42 Å². The molecule has 1 aromatic carbocycles. The number of benzene rings is 1. The Balaban J connectivity index is 2.75. The van der Waals surface area contributed by atoms with Gasteiger partial charge in [0.2, 0.25) is 0 Å². The monoisotopic (exact) mass is 214 g/mol. The quantitative estimate of drug-likeness (QED) is 0.744. The lowest BCUT2D eigenvalue weighted by Crippen LogP contribution is -2.28. The summed E-state index contributed by atoms with van der Waals surface area (Å²) in [6.45, 7) is 0. The Bertz CT molecular complexity index is 451. The van der Waals surface area contributed by atoms with E-state index in [1.54, 1.807) is 24.3 Å². The molecule has 0 fully saturated rings. The zero-order valence-electron chi connectivity index (χ0n) is 8.47. The molecule has 1 atom stereocenters. The molecule has 1 unspecified atom stereocenters. The summed E-state index contributed by atoms with van der Waals surface area (Å²) in [5.74, 6) is 1.30. The van der Waals surface area contributed by atoms with E-state index >= 15 is 0 Å². The number of nitrogens with one attached hydrogen (secondary N) is 1. The van der Waals surface area contributed by atoms with Crippen molar-refractivity contribution in [1.29, 1.82) is 5.26 Å². The number of nitriles is 1. The van der Waals surface area contributed by atoms with Crippen LogP contribution in [0.2, 0.25) is 0 Å². The molecule has 0 heterocycles. The Morgan fingerprint density at radius 2 is 2.12 bits per heavy atom. The lowest BCUT2D eigenvalue weighted by Gasteiger charge is -2.12. The van der Waals surface area contributed by atoms with Gasteiger partial charge in [-0.2, -0.15) is 5.26 Å². The minimum absolute atomic E-state index is 0.106. The van der Waals surface area contributed by atoms with Crippen molar-refractivity contribution in [2.24, 2.45) is 0 Å². The van der Waals surface area contributed by atoms with Crippen LogP contribution in [0.1, 0.15) is 12.0 Å². The summed E-state index contributed by atoms with van der Waals surface area (Å²) in [6.07, 6.45) is 5.18. The molecular weight excluding hydrogens is 204 g/mol. The number of hydrogen-bond acceptors (Lipinski definition) is 3. The Kier molecular flexibility index (Phi) is 3.94. The molecule has 0 spiro atoms. The lowest BCUT2D eigenvalue weighted by molar-refractivity contribution is -0.137. The number of aliphatic carboxylic acids is 1. The van der Waals surface area contributed by atoms with Crippen LogP contribution in [0.4, 0.5) is 5.69 Å². The minimum Gasteiger partial charge on any atom is -0.480 e. The molecule has 0 amide bonds. The van der Waals surface area contributed by atoms with Crippen molar-refractivity contribution in [2.75, 3.05) is 5.32 Å². The molecule has 0 aromatic heterocycles. The summed E-state index contributed by atoms with van der Waals surface area (Å²) in [5, 5.41) is 20.2. The van der Waals surface area contributed by atoms with Crippen molar-refractivity contribution in [3.63, 3.8) is 0 Å². The fraction of sp³-hybridized carbons (Fsp3) is 0.167. The molecule has 4 heteroatoms. The first-order valence-electron chi connectivity index (χ1n) is 4.60. The molecule has 1 aromatic rings. The van der Waals surface area contributed by atoms with Crippen LogP contribution >= 0.6 is 0 Å². The van der Waals surface area contributed by atoms with Gasteiger partial charge in [0.1, 0.15) is 6.04 Å². The molecule has 0 radical (unpaired) electrons. The first kappa shape index (κ1) is 11.6. The summed E-state index contributed by atoms with van der Waals surface area (Å²) >= 11 is 0. The highest BCUT2D eigenvalue weighted by Crippen LogP contribution is 2.11. The summed E-state index contributed by atoms with van der Waals surface area (Å²) in [4.78, 5) is 10.8. The van der Waals surface area contributed by atoms with Gasteiger partial charge in [-0.15, -0.1) is 12.3 Å². The molecule has 16 heavy (non-hydrogen) atoms. The number of carbonyl (C=O) groups is 1. The average molecular weight is 214 g/mol. The van der Waals surface area contributed by atoms with Crippen molar-refractivity contribution in [3.8, 4) is 18.4 Å². The van der Waals surface area contributed by atoms with E-state index in [1.807, 2.05) is 6.07 Å². The Labute approximate surface area is 93.5 Å². The maximum absolute atomic E-state index is 10.8. The highest BCUT2D eigenvalue weighted by atomic mass is 16.4. The van der Waals surface area contributed by atoms with Crippen LogP contribution in [0.25, 0.3) is 0 Å². The van der Waals surface area contributed by atoms with Gasteiger partial charge in [-0.05, 0) is 24.3 Å². The predicted molar refractivity (Wildman–Crippen MR) is 59.7 cm³/mol. The molecule has 1 rings (SSSR count). The number of nitrogens with zero attached hydrogens (tertiary/aromatic N) is 1. The molecule has 0 saturated carbocycles. The fourth-order valence-corrected chi connectivity index (χ4v) is 1.16. The molecule has 80 valence electrons. The minimum atomic E-state index is -0.998. The molecular formula is C12H10N2O2. The third kappa shape index (κ3) is 3.04. The van der Waals surface area contributed by atoms with Crippen LogP contribution in [0.15, 0.2) is 24.3 Å². The average Bonchev–Trinajstić information content (AvgIpc) is 2.29. The van der Waals surface area contributed by atoms with E-state index in [4.69, 9.17) is 16.8 Å². The van der Waals surface area contributed by atoms with Crippen LogP contribution in [0.3, 0.4) is 0 Å². The van der Waals surface area contributed by atoms with Crippen LogP contribution < -0.4 is 5.32 Å². The third-order valence-electron chi connectivity index (χ3n) is 1.97.